The molecule has 2 unspecified atom stereocenters. The largest absolute Gasteiger partial charge is 0.339 e. The topological polar surface area (TPSA) is 32.3 Å². The first-order valence-electron chi connectivity index (χ1n) is 6.17. The number of amides is 1. The quantitative estimate of drug-likeness (QED) is 0.819. The van der Waals surface area contributed by atoms with E-state index >= 15 is 0 Å². The first-order chi connectivity index (χ1) is 7.16. The van der Waals surface area contributed by atoms with Gasteiger partial charge >= 0.3 is 0 Å². The SMILES string of the molecule is CC1CC(C)N(C(=O)CNCC2CC2)C1.Cl. The Balaban J connectivity index is 0.00000128. The summed E-state index contributed by atoms with van der Waals surface area (Å²) in [6.07, 6.45) is 3.85. The molecular weight excluding hydrogens is 224 g/mol. The van der Waals surface area contributed by atoms with Crippen molar-refractivity contribution in [1.29, 1.82) is 0 Å². The van der Waals surface area contributed by atoms with E-state index in [9.17, 15) is 4.79 Å². The third kappa shape index (κ3) is 3.63. The number of carbonyl (C=O) groups is 1. The van der Waals surface area contributed by atoms with Crippen molar-refractivity contribution >= 4 is 18.3 Å². The average molecular weight is 247 g/mol. The van der Waals surface area contributed by atoms with Crippen LogP contribution in [0.4, 0.5) is 0 Å². The molecule has 0 spiro atoms. The van der Waals surface area contributed by atoms with Gasteiger partial charge in [0.25, 0.3) is 0 Å². The van der Waals surface area contributed by atoms with E-state index in [2.05, 4.69) is 19.2 Å². The second-order valence-corrected chi connectivity index (χ2v) is 5.31. The molecule has 0 radical (unpaired) electrons. The summed E-state index contributed by atoms with van der Waals surface area (Å²) >= 11 is 0. The van der Waals surface area contributed by atoms with Crippen LogP contribution in [0.25, 0.3) is 0 Å². The fraction of sp³-hybridized carbons (Fsp3) is 0.917. The smallest absolute Gasteiger partial charge is 0.236 e. The Morgan fingerprint density at radius 2 is 2.06 bits per heavy atom. The molecule has 2 rings (SSSR count). The molecule has 1 aliphatic heterocycles. The summed E-state index contributed by atoms with van der Waals surface area (Å²) in [6, 6.07) is 0.440. The summed E-state index contributed by atoms with van der Waals surface area (Å²) < 4.78 is 0. The van der Waals surface area contributed by atoms with Crippen LogP contribution in [-0.4, -0.2) is 36.5 Å². The van der Waals surface area contributed by atoms with Crippen LogP contribution in [0, 0.1) is 11.8 Å². The van der Waals surface area contributed by atoms with E-state index in [1.807, 2.05) is 4.90 Å². The maximum absolute atomic E-state index is 11.9. The minimum Gasteiger partial charge on any atom is -0.339 e. The number of nitrogens with zero attached hydrogens (tertiary/aromatic N) is 1. The van der Waals surface area contributed by atoms with Gasteiger partial charge in [0.05, 0.1) is 6.54 Å². The van der Waals surface area contributed by atoms with Gasteiger partial charge in [-0.25, -0.2) is 0 Å². The highest BCUT2D eigenvalue weighted by Gasteiger charge is 2.29. The fourth-order valence-corrected chi connectivity index (χ4v) is 2.45. The van der Waals surface area contributed by atoms with Crippen molar-refractivity contribution in [2.24, 2.45) is 11.8 Å². The second-order valence-electron chi connectivity index (χ2n) is 5.31. The van der Waals surface area contributed by atoms with Crippen molar-refractivity contribution in [2.75, 3.05) is 19.6 Å². The lowest BCUT2D eigenvalue weighted by Gasteiger charge is -2.21. The number of rotatable bonds is 4. The van der Waals surface area contributed by atoms with E-state index in [4.69, 9.17) is 0 Å². The van der Waals surface area contributed by atoms with Crippen LogP contribution in [0.1, 0.15) is 33.1 Å². The number of likely N-dealkylation sites (tertiary alicyclic amines) is 1. The highest BCUT2D eigenvalue weighted by atomic mass is 35.5. The van der Waals surface area contributed by atoms with Gasteiger partial charge in [-0.2, -0.15) is 0 Å². The molecule has 3 nitrogen and oxygen atoms in total. The molecule has 2 fully saturated rings. The minimum atomic E-state index is 0. The number of hydrogen-bond donors (Lipinski definition) is 1. The molecule has 0 aromatic carbocycles. The van der Waals surface area contributed by atoms with Gasteiger partial charge in [0.1, 0.15) is 0 Å². The van der Waals surface area contributed by atoms with Gasteiger partial charge in [-0.05, 0) is 44.6 Å². The van der Waals surface area contributed by atoms with E-state index < -0.39 is 0 Å². The highest BCUT2D eigenvalue weighted by Crippen LogP contribution is 2.27. The van der Waals surface area contributed by atoms with Gasteiger partial charge in [0.2, 0.25) is 5.91 Å². The maximum Gasteiger partial charge on any atom is 0.236 e. The number of halogens is 1. The van der Waals surface area contributed by atoms with Crippen LogP contribution in [0.15, 0.2) is 0 Å². The first kappa shape index (κ1) is 13.8. The summed E-state index contributed by atoms with van der Waals surface area (Å²) in [5, 5.41) is 3.27. The molecule has 1 heterocycles. The molecule has 94 valence electrons. The van der Waals surface area contributed by atoms with E-state index in [-0.39, 0.29) is 18.3 Å². The lowest BCUT2D eigenvalue weighted by Crippen LogP contribution is -2.40. The third-order valence-corrected chi connectivity index (χ3v) is 3.51. The van der Waals surface area contributed by atoms with Crippen molar-refractivity contribution in [3.8, 4) is 0 Å². The molecule has 16 heavy (non-hydrogen) atoms. The number of nitrogens with one attached hydrogen (secondary N) is 1. The Morgan fingerprint density at radius 1 is 1.38 bits per heavy atom. The fourth-order valence-electron chi connectivity index (χ4n) is 2.45. The molecule has 1 saturated carbocycles. The Bertz CT molecular complexity index is 243. The highest BCUT2D eigenvalue weighted by molar-refractivity contribution is 5.85. The normalized spacial score (nSPS) is 29.0. The molecule has 0 bridgehead atoms. The molecule has 0 aromatic rings. The average Bonchev–Trinajstić information content (AvgIpc) is 2.92. The van der Waals surface area contributed by atoms with Gasteiger partial charge in [-0.15, -0.1) is 12.4 Å². The zero-order chi connectivity index (χ0) is 10.8. The molecule has 1 aliphatic carbocycles. The predicted molar refractivity (Wildman–Crippen MR) is 67.8 cm³/mol. The zero-order valence-corrected chi connectivity index (χ0v) is 11.1. The van der Waals surface area contributed by atoms with Gasteiger partial charge < -0.3 is 10.2 Å². The van der Waals surface area contributed by atoms with Gasteiger partial charge in [-0.1, -0.05) is 6.92 Å². The number of hydrogen-bond acceptors (Lipinski definition) is 2. The number of carbonyl (C=O) groups excluding carboxylic acids is 1. The van der Waals surface area contributed by atoms with Crippen LogP contribution in [0.5, 0.6) is 0 Å². The second kappa shape index (κ2) is 5.87. The summed E-state index contributed by atoms with van der Waals surface area (Å²) in [4.78, 5) is 13.9. The standard InChI is InChI=1S/C12H22N2O.ClH/c1-9-5-10(2)14(8-9)12(15)7-13-6-11-3-4-11;/h9-11,13H,3-8H2,1-2H3;1H. The van der Waals surface area contributed by atoms with Gasteiger partial charge in [0.15, 0.2) is 0 Å². The molecule has 4 heteroatoms. The molecule has 2 atom stereocenters. The Labute approximate surface area is 104 Å². The summed E-state index contributed by atoms with van der Waals surface area (Å²) in [7, 11) is 0. The Kier molecular flexibility index (Phi) is 5.06. The van der Waals surface area contributed by atoms with E-state index in [0.717, 1.165) is 25.4 Å². The van der Waals surface area contributed by atoms with Crippen LogP contribution in [0.2, 0.25) is 0 Å². The van der Waals surface area contributed by atoms with Crippen molar-refractivity contribution in [3.63, 3.8) is 0 Å². The Morgan fingerprint density at radius 3 is 2.56 bits per heavy atom. The molecular formula is C12H23ClN2O. The molecule has 1 saturated heterocycles. The minimum absolute atomic E-state index is 0. The van der Waals surface area contributed by atoms with Gasteiger partial charge in [-0.3, -0.25) is 4.79 Å². The van der Waals surface area contributed by atoms with Gasteiger partial charge in [0, 0.05) is 12.6 Å². The van der Waals surface area contributed by atoms with Crippen molar-refractivity contribution < 1.29 is 4.79 Å². The first-order valence-corrected chi connectivity index (χ1v) is 6.17. The van der Waals surface area contributed by atoms with Crippen molar-refractivity contribution in [3.05, 3.63) is 0 Å². The lowest BCUT2D eigenvalue weighted by atomic mass is 10.1. The van der Waals surface area contributed by atoms with E-state index in [1.54, 1.807) is 0 Å². The summed E-state index contributed by atoms with van der Waals surface area (Å²) in [5.41, 5.74) is 0. The van der Waals surface area contributed by atoms with E-state index in [1.165, 1.54) is 12.8 Å². The van der Waals surface area contributed by atoms with Crippen molar-refractivity contribution in [1.82, 2.24) is 10.2 Å². The van der Waals surface area contributed by atoms with Crippen LogP contribution >= 0.6 is 12.4 Å². The summed E-state index contributed by atoms with van der Waals surface area (Å²) in [5.74, 6) is 1.81. The molecule has 1 amide bonds. The summed E-state index contributed by atoms with van der Waals surface area (Å²) in [6.45, 7) is 6.89. The van der Waals surface area contributed by atoms with Crippen LogP contribution in [0.3, 0.4) is 0 Å². The lowest BCUT2D eigenvalue weighted by molar-refractivity contribution is -0.130. The van der Waals surface area contributed by atoms with Crippen LogP contribution in [-0.2, 0) is 4.79 Å². The van der Waals surface area contributed by atoms with Crippen molar-refractivity contribution in [2.45, 2.75) is 39.2 Å². The molecule has 2 aliphatic rings. The Hall–Kier alpha value is -0.280. The monoisotopic (exact) mass is 246 g/mol. The van der Waals surface area contributed by atoms with Crippen LogP contribution < -0.4 is 5.32 Å². The molecule has 0 aromatic heterocycles. The van der Waals surface area contributed by atoms with E-state index in [0.29, 0.717) is 18.5 Å². The third-order valence-electron chi connectivity index (χ3n) is 3.51. The molecule has 1 N–H and O–H groups in total. The maximum atomic E-state index is 11.9. The predicted octanol–water partition coefficient (Wildman–Crippen LogP) is 1.66. The zero-order valence-electron chi connectivity index (χ0n) is 10.2.